The quantitative estimate of drug-likeness (QED) is 0.702. The number of carbonyl (C=O) groups excluding carboxylic acids is 1. The molecule has 7 nitrogen and oxygen atoms in total. The molecule has 0 saturated carbocycles. The number of fused-ring (bicyclic) bond motifs is 1. The van der Waals surface area contributed by atoms with E-state index in [4.69, 9.17) is 9.15 Å². The molecule has 0 bridgehead atoms. The van der Waals surface area contributed by atoms with Crippen molar-refractivity contribution in [2.24, 2.45) is 0 Å². The summed E-state index contributed by atoms with van der Waals surface area (Å²) in [7, 11) is 0. The highest BCUT2D eigenvalue weighted by Gasteiger charge is 2.09. The van der Waals surface area contributed by atoms with Crippen molar-refractivity contribution in [3.63, 3.8) is 0 Å². The lowest BCUT2D eigenvalue weighted by Crippen LogP contribution is -2.24. The molecule has 1 atom stereocenters. The molecule has 124 valence electrons. The highest BCUT2D eigenvalue weighted by Crippen LogP contribution is 2.21. The largest absolute Gasteiger partial charge is 0.450 e. The van der Waals surface area contributed by atoms with Gasteiger partial charge in [-0.3, -0.25) is 5.32 Å². The number of ether oxygens (including phenoxy) is 1. The predicted octanol–water partition coefficient (Wildman–Crippen LogP) is 1.83. The molecule has 0 saturated heterocycles. The number of hydrogen-bond acceptors (Lipinski definition) is 6. The van der Waals surface area contributed by atoms with Gasteiger partial charge in [0, 0.05) is 36.3 Å². The summed E-state index contributed by atoms with van der Waals surface area (Å²) < 4.78 is 9.99. The number of nitrogens with one attached hydrogen (secondary N) is 2. The van der Waals surface area contributed by atoms with E-state index < -0.39 is 17.8 Å². The van der Waals surface area contributed by atoms with Crippen molar-refractivity contribution in [2.45, 2.75) is 26.5 Å². The monoisotopic (exact) mass is 320 g/mol. The average molecular weight is 320 g/mol. The second-order valence-corrected chi connectivity index (χ2v) is 5.13. The first kappa shape index (κ1) is 17.0. The topological polar surface area (TPSA) is 101 Å². The van der Waals surface area contributed by atoms with Gasteiger partial charge in [-0.15, -0.1) is 0 Å². The van der Waals surface area contributed by atoms with E-state index in [1.807, 2.05) is 0 Å². The van der Waals surface area contributed by atoms with Crippen LogP contribution in [0, 0.1) is 0 Å². The van der Waals surface area contributed by atoms with Gasteiger partial charge in [0.2, 0.25) is 0 Å². The molecule has 1 aromatic carbocycles. The molecule has 0 aliphatic rings. The normalized spacial score (nSPS) is 12.1. The fraction of sp³-hybridized carbons (Fsp3) is 0.375. The predicted molar refractivity (Wildman–Crippen MR) is 86.5 cm³/mol. The number of hydrogen-bond donors (Lipinski definition) is 3. The molecule has 0 aliphatic carbocycles. The van der Waals surface area contributed by atoms with E-state index in [1.165, 1.54) is 6.07 Å². The molecule has 2 rings (SSSR count). The van der Waals surface area contributed by atoms with Crippen molar-refractivity contribution >= 4 is 22.7 Å². The third-order valence-corrected chi connectivity index (χ3v) is 3.11. The number of aliphatic hydroxyl groups excluding tert-OH is 1. The Morgan fingerprint density at radius 1 is 1.39 bits per heavy atom. The molecule has 0 spiro atoms. The van der Waals surface area contributed by atoms with Gasteiger partial charge in [0.15, 0.2) is 0 Å². The van der Waals surface area contributed by atoms with Gasteiger partial charge in [-0.25, -0.2) is 9.59 Å². The molecule has 0 radical (unpaired) electrons. The van der Waals surface area contributed by atoms with Crippen LogP contribution in [0.25, 0.3) is 11.0 Å². The summed E-state index contributed by atoms with van der Waals surface area (Å²) in [6, 6.07) is 6.46. The Bertz CT molecular complexity index is 739. The summed E-state index contributed by atoms with van der Waals surface area (Å²) >= 11 is 0. The Morgan fingerprint density at radius 3 is 2.87 bits per heavy atom. The first-order chi connectivity index (χ1) is 11.0. The van der Waals surface area contributed by atoms with Crippen LogP contribution in [-0.4, -0.2) is 30.5 Å². The van der Waals surface area contributed by atoms with Crippen LogP contribution in [0.3, 0.4) is 0 Å². The SMILES string of the molecule is CCOC(=O)Nc1ccc2c(CNC[C@@H](C)O)cc(=O)oc2c1. The number of amides is 1. The third kappa shape index (κ3) is 4.80. The van der Waals surface area contributed by atoms with Gasteiger partial charge in [0.1, 0.15) is 5.58 Å². The summed E-state index contributed by atoms with van der Waals surface area (Å²) in [4.78, 5) is 23.1. The maximum atomic E-state index is 11.7. The second kappa shape index (κ2) is 7.75. The zero-order valence-electron chi connectivity index (χ0n) is 13.1. The van der Waals surface area contributed by atoms with Gasteiger partial charge in [-0.1, -0.05) is 0 Å². The molecule has 0 fully saturated rings. The fourth-order valence-electron chi connectivity index (χ4n) is 2.15. The standard InChI is InChI=1S/C16H20N2O5/c1-3-22-16(21)18-12-4-5-13-11(9-17-8-10(2)19)6-15(20)23-14(13)7-12/h4-7,10,17,19H,3,8-9H2,1-2H3,(H,18,21)/t10-/m1/s1. The van der Waals surface area contributed by atoms with Gasteiger partial charge in [0.05, 0.1) is 12.7 Å². The summed E-state index contributed by atoms with van der Waals surface area (Å²) in [6.45, 7) is 4.51. The fourth-order valence-corrected chi connectivity index (χ4v) is 2.15. The summed E-state index contributed by atoms with van der Waals surface area (Å²) in [6.07, 6.45) is -1.04. The lowest BCUT2D eigenvalue weighted by Gasteiger charge is -2.10. The van der Waals surface area contributed by atoms with Crippen LogP contribution >= 0.6 is 0 Å². The Labute approximate surface area is 133 Å². The molecule has 1 amide bonds. The molecule has 1 heterocycles. The number of aliphatic hydroxyl groups is 1. The van der Waals surface area contributed by atoms with Crippen LogP contribution in [0.5, 0.6) is 0 Å². The lowest BCUT2D eigenvalue weighted by molar-refractivity contribution is 0.168. The summed E-state index contributed by atoms with van der Waals surface area (Å²) in [5.74, 6) is 0. The van der Waals surface area contributed by atoms with Crippen molar-refractivity contribution in [2.75, 3.05) is 18.5 Å². The minimum absolute atomic E-state index is 0.271. The Morgan fingerprint density at radius 2 is 2.17 bits per heavy atom. The van der Waals surface area contributed by atoms with Gasteiger partial charge in [-0.05, 0) is 31.5 Å². The van der Waals surface area contributed by atoms with Crippen LogP contribution < -0.4 is 16.3 Å². The van der Waals surface area contributed by atoms with E-state index in [0.29, 0.717) is 24.4 Å². The number of anilines is 1. The van der Waals surface area contributed by atoms with Gasteiger partial charge in [-0.2, -0.15) is 0 Å². The van der Waals surface area contributed by atoms with Gasteiger partial charge >= 0.3 is 11.7 Å². The zero-order valence-corrected chi connectivity index (χ0v) is 13.1. The van der Waals surface area contributed by atoms with E-state index in [9.17, 15) is 14.7 Å². The van der Waals surface area contributed by atoms with Crippen LogP contribution in [0.2, 0.25) is 0 Å². The Kier molecular flexibility index (Phi) is 5.72. The number of carbonyl (C=O) groups is 1. The van der Waals surface area contributed by atoms with Crippen molar-refractivity contribution in [3.8, 4) is 0 Å². The first-order valence-electron chi connectivity index (χ1n) is 7.39. The molecule has 23 heavy (non-hydrogen) atoms. The van der Waals surface area contributed by atoms with Crippen LogP contribution in [-0.2, 0) is 11.3 Å². The van der Waals surface area contributed by atoms with Crippen molar-refractivity contribution in [1.82, 2.24) is 5.32 Å². The van der Waals surface area contributed by atoms with E-state index in [0.717, 1.165) is 10.9 Å². The summed E-state index contributed by atoms with van der Waals surface area (Å²) in [5.41, 5.74) is 1.15. The third-order valence-electron chi connectivity index (χ3n) is 3.11. The van der Waals surface area contributed by atoms with Gasteiger partial charge in [0.25, 0.3) is 0 Å². The molecule has 0 unspecified atom stereocenters. The van der Waals surface area contributed by atoms with Crippen molar-refractivity contribution in [3.05, 3.63) is 40.2 Å². The summed E-state index contributed by atoms with van der Waals surface area (Å²) in [5, 5.41) is 15.7. The maximum absolute atomic E-state index is 11.7. The van der Waals surface area contributed by atoms with Crippen LogP contribution in [0.4, 0.5) is 10.5 Å². The van der Waals surface area contributed by atoms with Crippen LogP contribution in [0.1, 0.15) is 19.4 Å². The molecule has 2 aromatic rings. The molecular formula is C16H20N2O5. The second-order valence-electron chi connectivity index (χ2n) is 5.13. The van der Waals surface area contributed by atoms with Crippen molar-refractivity contribution in [1.29, 1.82) is 0 Å². The molecule has 3 N–H and O–H groups in total. The zero-order chi connectivity index (χ0) is 16.8. The highest BCUT2D eigenvalue weighted by atomic mass is 16.5. The van der Waals surface area contributed by atoms with Gasteiger partial charge < -0.3 is 19.6 Å². The van der Waals surface area contributed by atoms with Crippen molar-refractivity contribution < 1.29 is 19.1 Å². The highest BCUT2D eigenvalue weighted by molar-refractivity contribution is 5.89. The Hall–Kier alpha value is -2.38. The van der Waals surface area contributed by atoms with E-state index in [1.54, 1.807) is 32.0 Å². The van der Waals surface area contributed by atoms with E-state index in [2.05, 4.69) is 10.6 Å². The molecular weight excluding hydrogens is 300 g/mol. The Balaban J connectivity index is 2.25. The minimum Gasteiger partial charge on any atom is -0.450 e. The molecule has 1 aromatic heterocycles. The average Bonchev–Trinajstić information content (AvgIpc) is 2.46. The van der Waals surface area contributed by atoms with E-state index >= 15 is 0 Å². The number of rotatable bonds is 6. The van der Waals surface area contributed by atoms with E-state index in [-0.39, 0.29) is 6.61 Å². The minimum atomic E-state index is -0.566. The molecule has 7 heteroatoms. The smallest absolute Gasteiger partial charge is 0.411 e. The maximum Gasteiger partial charge on any atom is 0.411 e. The number of benzene rings is 1. The molecule has 0 aliphatic heterocycles. The lowest BCUT2D eigenvalue weighted by atomic mass is 10.1. The van der Waals surface area contributed by atoms with Crippen LogP contribution in [0.15, 0.2) is 33.5 Å². The first-order valence-corrected chi connectivity index (χ1v) is 7.39.